The highest BCUT2D eigenvalue weighted by molar-refractivity contribution is 5.97. The molecule has 0 aliphatic rings. The minimum Gasteiger partial charge on any atom is -0.480 e. The van der Waals surface area contributed by atoms with Crippen LogP contribution < -0.4 is 5.32 Å². The molecule has 0 aromatic carbocycles. The topological polar surface area (TPSA) is 96.6 Å². The first-order valence-corrected chi connectivity index (χ1v) is 6.79. The zero-order valence-corrected chi connectivity index (χ0v) is 12.3. The maximum Gasteiger partial charge on any atom is 0.326 e. The fourth-order valence-electron chi connectivity index (χ4n) is 2.17. The van der Waals surface area contributed by atoms with Gasteiger partial charge in [-0.15, -0.1) is 0 Å². The quantitative estimate of drug-likeness (QED) is 0.866. The standard InChI is InChI=1S/C14H18N4O3/c1-4-5-11(14(20)21)16-13(19)10-7-15-12-6-8(2)17-18(12)9(10)3/h6-7,11H,4-5H2,1-3H3,(H,16,19)(H,20,21)/t11-/m1/s1. The smallest absolute Gasteiger partial charge is 0.326 e. The average Bonchev–Trinajstić information content (AvgIpc) is 2.80. The number of aryl methyl sites for hydroxylation is 2. The number of hydrogen-bond acceptors (Lipinski definition) is 4. The van der Waals surface area contributed by atoms with Crippen molar-refractivity contribution in [3.63, 3.8) is 0 Å². The van der Waals surface area contributed by atoms with Crippen molar-refractivity contribution < 1.29 is 14.7 Å². The minimum absolute atomic E-state index is 0.327. The third-order valence-corrected chi connectivity index (χ3v) is 3.27. The summed E-state index contributed by atoms with van der Waals surface area (Å²) in [5, 5.41) is 15.9. The summed E-state index contributed by atoms with van der Waals surface area (Å²) < 4.78 is 1.58. The van der Waals surface area contributed by atoms with Crippen molar-refractivity contribution in [2.45, 2.75) is 39.7 Å². The molecule has 2 heterocycles. The normalized spacial score (nSPS) is 12.3. The first-order chi connectivity index (χ1) is 9.93. The number of rotatable bonds is 5. The molecule has 21 heavy (non-hydrogen) atoms. The van der Waals surface area contributed by atoms with Crippen LogP contribution in [-0.4, -0.2) is 37.6 Å². The van der Waals surface area contributed by atoms with E-state index in [1.165, 1.54) is 6.20 Å². The fraction of sp³-hybridized carbons (Fsp3) is 0.429. The maximum atomic E-state index is 12.3. The number of aliphatic carboxylic acids is 1. The lowest BCUT2D eigenvalue weighted by Gasteiger charge is -2.14. The van der Waals surface area contributed by atoms with Crippen LogP contribution in [0.4, 0.5) is 0 Å². The Balaban J connectivity index is 2.30. The molecule has 0 spiro atoms. The summed E-state index contributed by atoms with van der Waals surface area (Å²) in [6, 6.07) is 0.920. The highest BCUT2D eigenvalue weighted by Crippen LogP contribution is 2.11. The van der Waals surface area contributed by atoms with Gasteiger partial charge in [0, 0.05) is 12.3 Å². The maximum absolute atomic E-state index is 12.3. The molecule has 1 amide bonds. The third-order valence-electron chi connectivity index (χ3n) is 3.27. The van der Waals surface area contributed by atoms with Crippen molar-refractivity contribution in [1.29, 1.82) is 0 Å². The molecule has 7 heteroatoms. The van der Waals surface area contributed by atoms with E-state index in [-0.39, 0.29) is 0 Å². The molecule has 2 aromatic heterocycles. The number of carbonyl (C=O) groups excluding carboxylic acids is 1. The zero-order valence-electron chi connectivity index (χ0n) is 12.3. The van der Waals surface area contributed by atoms with E-state index in [1.54, 1.807) is 11.4 Å². The number of carboxylic acids is 1. The zero-order chi connectivity index (χ0) is 15.6. The molecule has 112 valence electrons. The van der Waals surface area contributed by atoms with Crippen LogP contribution in [0.3, 0.4) is 0 Å². The Labute approximate surface area is 122 Å². The molecular weight excluding hydrogens is 272 g/mol. The van der Waals surface area contributed by atoms with E-state index in [0.717, 1.165) is 5.69 Å². The largest absolute Gasteiger partial charge is 0.480 e. The summed E-state index contributed by atoms with van der Waals surface area (Å²) in [7, 11) is 0. The summed E-state index contributed by atoms with van der Waals surface area (Å²) in [6.45, 7) is 5.47. The predicted molar refractivity (Wildman–Crippen MR) is 76.3 cm³/mol. The van der Waals surface area contributed by atoms with Gasteiger partial charge in [-0.2, -0.15) is 5.10 Å². The Morgan fingerprint density at radius 2 is 2.14 bits per heavy atom. The summed E-state index contributed by atoms with van der Waals surface area (Å²) >= 11 is 0. The number of aromatic nitrogens is 3. The van der Waals surface area contributed by atoms with E-state index in [2.05, 4.69) is 15.4 Å². The molecule has 0 fully saturated rings. The lowest BCUT2D eigenvalue weighted by Crippen LogP contribution is -2.41. The van der Waals surface area contributed by atoms with Gasteiger partial charge in [0.1, 0.15) is 6.04 Å². The minimum atomic E-state index is -1.04. The van der Waals surface area contributed by atoms with Gasteiger partial charge >= 0.3 is 5.97 Å². The second kappa shape index (κ2) is 5.90. The van der Waals surface area contributed by atoms with Crippen LogP contribution in [0.15, 0.2) is 12.3 Å². The molecule has 2 rings (SSSR count). The summed E-state index contributed by atoms with van der Waals surface area (Å²) in [6.07, 6.45) is 2.51. The molecule has 1 atom stereocenters. The molecule has 0 unspecified atom stereocenters. The number of fused-ring (bicyclic) bond motifs is 1. The Morgan fingerprint density at radius 3 is 2.76 bits per heavy atom. The average molecular weight is 290 g/mol. The number of amides is 1. The van der Waals surface area contributed by atoms with Gasteiger partial charge in [0.25, 0.3) is 5.91 Å². The molecule has 0 radical (unpaired) electrons. The van der Waals surface area contributed by atoms with Gasteiger partial charge in [-0.3, -0.25) is 4.79 Å². The molecule has 0 saturated heterocycles. The number of nitrogens with one attached hydrogen (secondary N) is 1. The second-order valence-electron chi connectivity index (χ2n) is 4.97. The Morgan fingerprint density at radius 1 is 1.43 bits per heavy atom. The molecule has 7 nitrogen and oxygen atoms in total. The molecular formula is C14H18N4O3. The van der Waals surface area contributed by atoms with Crippen LogP contribution in [0.25, 0.3) is 5.65 Å². The van der Waals surface area contributed by atoms with Crippen molar-refractivity contribution >= 4 is 17.5 Å². The van der Waals surface area contributed by atoms with Crippen LogP contribution in [0.2, 0.25) is 0 Å². The number of carboxylic acid groups (broad SMARTS) is 1. The van der Waals surface area contributed by atoms with Gasteiger partial charge < -0.3 is 10.4 Å². The van der Waals surface area contributed by atoms with Crippen molar-refractivity contribution in [2.24, 2.45) is 0 Å². The van der Waals surface area contributed by atoms with E-state index in [4.69, 9.17) is 5.11 Å². The molecule has 0 bridgehead atoms. The van der Waals surface area contributed by atoms with Gasteiger partial charge in [-0.25, -0.2) is 14.3 Å². The third kappa shape index (κ3) is 3.01. The lowest BCUT2D eigenvalue weighted by atomic mass is 10.1. The monoisotopic (exact) mass is 290 g/mol. The Bertz CT molecular complexity index is 693. The number of nitrogens with zero attached hydrogens (tertiary/aromatic N) is 3. The van der Waals surface area contributed by atoms with Gasteiger partial charge in [0.15, 0.2) is 5.65 Å². The first-order valence-electron chi connectivity index (χ1n) is 6.79. The molecule has 0 saturated carbocycles. The first kappa shape index (κ1) is 15.0. The SMILES string of the molecule is CCC[C@@H](NC(=O)c1cnc2cc(C)nn2c1C)C(=O)O. The fourth-order valence-corrected chi connectivity index (χ4v) is 2.17. The van der Waals surface area contributed by atoms with Crippen molar-refractivity contribution in [3.05, 3.63) is 29.2 Å². The van der Waals surface area contributed by atoms with Crippen LogP contribution in [-0.2, 0) is 4.79 Å². The van der Waals surface area contributed by atoms with E-state index in [9.17, 15) is 9.59 Å². The molecule has 2 aromatic rings. The van der Waals surface area contributed by atoms with Crippen molar-refractivity contribution in [3.8, 4) is 0 Å². The van der Waals surface area contributed by atoms with Crippen LogP contribution in [0.1, 0.15) is 41.5 Å². The van der Waals surface area contributed by atoms with E-state index in [0.29, 0.717) is 29.7 Å². The number of hydrogen-bond donors (Lipinski definition) is 2. The van der Waals surface area contributed by atoms with Gasteiger partial charge in [-0.05, 0) is 20.3 Å². The summed E-state index contributed by atoms with van der Waals surface area (Å²) in [5.74, 6) is -1.48. The molecule has 0 aliphatic carbocycles. The van der Waals surface area contributed by atoms with Gasteiger partial charge in [-0.1, -0.05) is 13.3 Å². The Hall–Kier alpha value is -2.44. The van der Waals surface area contributed by atoms with E-state index >= 15 is 0 Å². The molecule has 2 N–H and O–H groups in total. The lowest BCUT2D eigenvalue weighted by molar-refractivity contribution is -0.139. The van der Waals surface area contributed by atoms with E-state index in [1.807, 2.05) is 19.9 Å². The van der Waals surface area contributed by atoms with Crippen molar-refractivity contribution in [2.75, 3.05) is 0 Å². The van der Waals surface area contributed by atoms with Crippen LogP contribution >= 0.6 is 0 Å². The van der Waals surface area contributed by atoms with Crippen molar-refractivity contribution in [1.82, 2.24) is 19.9 Å². The summed E-state index contributed by atoms with van der Waals surface area (Å²) in [5.41, 5.74) is 2.42. The predicted octanol–water partition coefficient (Wildman–Crippen LogP) is 1.33. The summed E-state index contributed by atoms with van der Waals surface area (Å²) in [4.78, 5) is 27.5. The molecule has 0 aliphatic heterocycles. The Kier molecular flexibility index (Phi) is 4.21. The van der Waals surface area contributed by atoms with E-state index < -0.39 is 17.9 Å². The van der Waals surface area contributed by atoms with Gasteiger partial charge in [0.2, 0.25) is 0 Å². The van der Waals surface area contributed by atoms with Crippen LogP contribution in [0.5, 0.6) is 0 Å². The van der Waals surface area contributed by atoms with Crippen LogP contribution in [0, 0.1) is 13.8 Å². The highest BCUT2D eigenvalue weighted by Gasteiger charge is 2.21. The van der Waals surface area contributed by atoms with Gasteiger partial charge in [0.05, 0.1) is 17.0 Å². The second-order valence-corrected chi connectivity index (χ2v) is 4.97. The number of carbonyl (C=O) groups is 2. The highest BCUT2D eigenvalue weighted by atomic mass is 16.4.